The number of methoxy groups -OCH3 is 4. The van der Waals surface area contributed by atoms with E-state index in [0.717, 1.165) is 65.3 Å². The van der Waals surface area contributed by atoms with E-state index in [4.69, 9.17) is 20.3 Å². The van der Waals surface area contributed by atoms with Crippen molar-refractivity contribution in [1.82, 2.24) is 0 Å². The standard InChI is InChI=1S/C26H22O4.C9H8O.C8H8I2O2.CH3F.CH4/c1-29-25-15-24(14-12-20-5-9-22(18-28)10-6-20)26(30-2)16-23(25)13-11-19-3-7-21(17-27)8-4-19;1-2-8-3-5-9(7-10)6-4-8;1-11-7-3-6(10)8(12-2)4-5(7)9;1-2;/h3-18H,1-2H3;2-7H,1H2;3-4H,1-2H3;1H3;1H4/b13-11+,14-12+;;;;/i;;;1D;. The van der Waals surface area contributed by atoms with E-state index in [1.807, 2.05) is 85.0 Å². The number of carbonyl (C=O) groups excluding carboxylic acids is 3. The minimum absolute atomic E-state index is 0. The topological polar surface area (TPSA) is 88.1 Å². The zero-order chi connectivity index (χ0) is 40.6. The Labute approximate surface area is 352 Å². The van der Waals surface area contributed by atoms with Gasteiger partial charge in [-0.05, 0) is 86.1 Å². The molecule has 0 amide bonds. The van der Waals surface area contributed by atoms with Gasteiger partial charge in [0, 0.05) is 27.8 Å². The van der Waals surface area contributed by atoms with Crippen LogP contribution in [0, 0.1) is 7.14 Å². The molecule has 5 rings (SSSR count). The molecule has 7 nitrogen and oxygen atoms in total. The highest BCUT2D eigenvalue weighted by Crippen LogP contribution is 2.32. The average molecular weight is 972 g/mol. The lowest BCUT2D eigenvalue weighted by atomic mass is 10.0. The first-order valence-corrected chi connectivity index (χ1v) is 18.1. The Morgan fingerprint density at radius 2 is 0.782 bits per heavy atom. The first kappa shape index (κ1) is 46.1. The van der Waals surface area contributed by atoms with Gasteiger partial charge in [0.1, 0.15) is 41.9 Å². The lowest BCUT2D eigenvalue weighted by Crippen LogP contribution is -1.93. The van der Waals surface area contributed by atoms with Crippen molar-refractivity contribution in [3.63, 3.8) is 0 Å². The summed E-state index contributed by atoms with van der Waals surface area (Å²) in [6, 6.07) is 29.7. The minimum atomic E-state index is -1.00. The van der Waals surface area contributed by atoms with Crippen LogP contribution in [0.4, 0.5) is 4.39 Å². The fourth-order valence-corrected chi connectivity index (χ4v) is 5.80. The van der Waals surface area contributed by atoms with Crippen molar-refractivity contribution < 1.29 is 39.1 Å². The summed E-state index contributed by atoms with van der Waals surface area (Å²) in [6.45, 7) is 3.60. The van der Waals surface area contributed by atoms with Crippen LogP contribution in [0.3, 0.4) is 0 Å². The van der Waals surface area contributed by atoms with E-state index < -0.39 is 7.15 Å². The van der Waals surface area contributed by atoms with Gasteiger partial charge in [-0.15, -0.1) is 0 Å². The first-order chi connectivity index (χ1) is 26.6. The molecule has 0 radical (unpaired) electrons. The Bertz CT molecular complexity index is 1880. The fourth-order valence-electron chi connectivity index (χ4n) is 4.48. The van der Waals surface area contributed by atoms with Crippen LogP contribution in [0.5, 0.6) is 23.0 Å². The van der Waals surface area contributed by atoms with Gasteiger partial charge in [-0.2, -0.15) is 0 Å². The van der Waals surface area contributed by atoms with Crippen molar-refractivity contribution in [3.8, 4) is 23.0 Å². The maximum Gasteiger partial charge on any atom is 0.150 e. The largest absolute Gasteiger partial charge is 0.496 e. The van der Waals surface area contributed by atoms with Gasteiger partial charge in [0.15, 0.2) is 0 Å². The van der Waals surface area contributed by atoms with Crippen molar-refractivity contribution in [1.29, 1.82) is 0 Å². The van der Waals surface area contributed by atoms with E-state index in [0.29, 0.717) is 28.2 Å². The van der Waals surface area contributed by atoms with Crippen LogP contribution in [0.2, 0.25) is 0 Å². The molecular formula is C45H45FI2O7. The number of hydrogen-bond donors (Lipinski definition) is 0. The van der Waals surface area contributed by atoms with E-state index in [2.05, 4.69) is 51.8 Å². The Balaban J connectivity index is 0.000000492. The van der Waals surface area contributed by atoms with Crippen LogP contribution in [0.1, 0.15) is 67.7 Å². The summed E-state index contributed by atoms with van der Waals surface area (Å²) in [5.41, 5.74) is 6.72. The highest BCUT2D eigenvalue weighted by molar-refractivity contribution is 14.1. The maximum absolute atomic E-state index is 10.8. The second kappa shape index (κ2) is 26.7. The number of aldehydes is 3. The van der Waals surface area contributed by atoms with Gasteiger partial charge < -0.3 is 18.9 Å². The highest BCUT2D eigenvalue weighted by Gasteiger charge is 2.09. The van der Waals surface area contributed by atoms with E-state index in [-0.39, 0.29) is 7.43 Å². The second-order valence-corrected chi connectivity index (χ2v) is 13.0. The molecule has 55 heavy (non-hydrogen) atoms. The summed E-state index contributed by atoms with van der Waals surface area (Å²) in [4.78, 5) is 31.8. The second-order valence-electron chi connectivity index (χ2n) is 10.7. The Morgan fingerprint density at radius 3 is 1.04 bits per heavy atom. The van der Waals surface area contributed by atoms with E-state index in [9.17, 15) is 18.8 Å². The molecule has 0 saturated heterocycles. The summed E-state index contributed by atoms with van der Waals surface area (Å²) in [5, 5.41) is 0. The Kier molecular flexibility index (Phi) is 22.3. The maximum atomic E-state index is 10.8. The van der Waals surface area contributed by atoms with Crippen LogP contribution in [0.15, 0.2) is 104 Å². The molecule has 0 aliphatic carbocycles. The third-order valence-corrected chi connectivity index (χ3v) is 9.06. The molecule has 0 heterocycles. The predicted molar refractivity (Wildman–Crippen MR) is 242 cm³/mol. The summed E-state index contributed by atoms with van der Waals surface area (Å²) in [7, 11) is 5.59. The van der Waals surface area contributed by atoms with Gasteiger partial charge >= 0.3 is 0 Å². The molecule has 0 atom stereocenters. The number of hydrogen-bond acceptors (Lipinski definition) is 7. The molecular weight excluding hydrogens is 925 g/mol. The van der Waals surface area contributed by atoms with Gasteiger partial charge in [-0.1, -0.05) is 117 Å². The molecule has 0 N–H and O–H groups in total. The molecule has 0 bridgehead atoms. The van der Waals surface area contributed by atoms with E-state index in [1.54, 1.807) is 70.9 Å². The summed E-state index contributed by atoms with van der Waals surface area (Å²) in [5.74, 6) is 3.21. The molecule has 0 fully saturated rings. The van der Waals surface area contributed by atoms with Crippen molar-refractivity contribution in [3.05, 3.63) is 155 Å². The SMILES string of the molecule is C.C=Cc1ccc(C=O)cc1.COc1cc(/C=C/c2ccc(C=O)cc2)c(OC)cc1/C=C/c1ccc(C=O)cc1.COc1cc(I)c(OC)cc1I.[2H]CF. The van der Waals surface area contributed by atoms with Gasteiger partial charge in [0.2, 0.25) is 0 Å². The number of halogens is 3. The van der Waals surface area contributed by atoms with Crippen molar-refractivity contribution in [2.24, 2.45) is 0 Å². The van der Waals surface area contributed by atoms with Crippen molar-refractivity contribution >= 4 is 94.4 Å². The van der Waals surface area contributed by atoms with Crippen molar-refractivity contribution in [2.75, 3.05) is 35.6 Å². The number of rotatable bonds is 12. The fraction of sp³-hybridized carbons (Fsp3) is 0.133. The molecule has 0 saturated carbocycles. The molecule has 0 aliphatic rings. The summed E-state index contributed by atoms with van der Waals surface area (Å²) < 4.78 is 39.1. The molecule has 0 unspecified atom stereocenters. The Morgan fingerprint density at radius 1 is 0.509 bits per heavy atom. The van der Waals surface area contributed by atoms with Crippen LogP contribution in [0.25, 0.3) is 30.4 Å². The van der Waals surface area contributed by atoms with E-state index >= 15 is 0 Å². The third kappa shape index (κ3) is 15.7. The molecule has 0 aromatic heterocycles. The predicted octanol–water partition coefficient (Wildman–Crippen LogP) is 11.9. The Hall–Kier alpha value is -5.08. The molecule has 5 aromatic rings. The third-order valence-electron chi connectivity index (χ3n) is 7.37. The summed E-state index contributed by atoms with van der Waals surface area (Å²) in [6.07, 6.45) is 12.0. The number of benzene rings is 5. The minimum Gasteiger partial charge on any atom is -0.496 e. The average Bonchev–Trinajstić information content (AvgIpc) is 3.23. The van der Waals surface area contributed by atoms with Crippen LogP contribution in [-0.4, -0.2) is 54.5 Å². The normalized spacial score (nSPS) is 10.1. The van der Waals surface area contributed by atoms with Gasteiger partial charge in [-0.25, -0.2) is 0 Å². The zero-order valence-corrected chi connectivity index (χ0v) is 34.6. The lowest BCUT2D eigenvalue weighted by Gasteiger charge is -2.11. The summed E-state index contributed by atoms with van der Waals surface area (Å²) >= 11 is 4.44. The first-order valence-electron chi connectivity index (χ1n) is 16.7. The van der Waals surface area contributed by atoms with Gasteiger partial charge in [0.25, 0.3) is 0 Å². The van der Waals surface area contributed by atoms with Gasteiger partial charge in [0.05, 0.1) is 44.1 Å². The number of carbonyl (C=O) groups is 3. The molecule has 0 spiro atoms. The highest BCUT2D eigenvalue weighted by atomic mass is 127. The molecule has 10 heteroatoms. The van der Waals surface area contributed by atoms with Crippen LogP contribution in [-0.2, 0) is 0 Å². The zero-order valence-electron chi connectivity index (χ0n) is 31.3. The quantitative estimate of drug-likeness (QED) is 0.0699. The molecule has 5 aromatic carbocycles. The van der Waals surface area contributed by atoms with E-state index in [1.165, 1.54) is 0 Å². The number of alkyl halides is 1. The molecule has 288 valence electrons. The van der Waals surface area contributed by atoms with Crippen LogP contribution < -0.4 is 18.9 Å². The number of ether oxygens (including phenoxy) is 4. The smallest absolute Gasteiger partial charge is 0.150 e. The van der Waals surface area contributed by atoms with Crippen molar-refractivity contribution in [2.45, 2.75) is 7.43 Å². The van der Waals surface area contributed by atoms with Crippen LogP contribution >= 0.6 is 45.2 Å². The molecule has 0 aliphatic heterocycles. The lowest BCUT2D eigenvalue weighted by molar-refractivity contribution is 0.111. The van der Waals surface area contributed by atoms with Gasteiger partial charge in [-0.3, -0.25) is 18.8 Å². The monoisotopic (exact) mass is 971 g/mol.